The molecule has 0 radical (unpaired) electrons. The lowest BCUT2D eigenvalue weighted by Gasteiger charge is -2.09. The lowest BCUT2D eigenvalue weighted by atomic mass is 10.2. The smallest absolute Gasteiger partial charge is 0.412 e. The summed E-state index contributed by atoms with van der Waals surface area (Å²) in [5, 5.41) is 2.34. The zero-order chi connectivity index (χ0) is 15.4. The highest BCUT2D eigenvalue weighted by molar-refractivity contribution is 5.84. The van der Waals surface area contributed by atoms with Gasteiger partial charge in [0.15, 0.2) is 0 Å². The largest absolute Gasteiger partial charge is 0.444 e. The van der Waals surface area contributed by atoms with Gasteiger partial charge >= 0.3 is 11.8 Å². The van der Waals surface area contributed by atoms with Gasteiger partial charge in [-0.15, -0.1) is 0 Å². The second-order valence-corrected chi connectivity index (χ2v) is 4.49. The highest BCUT2D eigenvalue weighted by Crippen LogP contribution is 2.02. The first-order valence-corrected chi connectivity index (χ1v) is 6.23. The van der Waals surface area contributed by atoms with Crippen LogP contribution in [0.15, 0.2) is 46.1 Å². The molecule has 1 aromatic heterocycles. The molecular weight excluding hydrogens is 274 g/mol. The van der Waals surface area contributed by atoms with Gasteiger partial charge in [-0.2, -0.15) is 0 Å². The Kier molecular flexibility index (Phi) is 4.22. The van der Waals surface area contributed by atoms with Crippen LogP contribution in [-0.2, 0) is 25.4 Å². The van der Waals surface area contributed by atoms with E-state index in [9.17, 15) is 14.4 Å². The first-order chi connectivity index (χ1) is 9.99. The minimum Gasteiger partial charge on any atom is -0.444 e. The predicted molar refractivity (Wildman–Crippen MR) is 77.2 cm³/mol. The minimum atomic E-state index is -0.755. The number of ether oxygens (including phenoxy) is 1. The molecule has 0 saturated heterocycles. The molecule has 1 aromatic carbocycles. The van der Waals surface area contributed by atoms with Crippen LogP contribution in [0.4, 0.5) is 10.5 Å². The number of aromatic nitrogens is 2. The molecule has 0 aliphatic rings. The Balaban J connectivity index is 2.07. The molecule has 0 spiro atoms. The van der Waals surface area contributed by atoms with Crippen molar-refractivity contribution >= 4 is 11.8 Å². The number of nitrogens with zero attached hydrogens (tertiary/aromatic N) is 2. The fourth-order valence-electron chi connectivity index (χ4n) is 1.76. The van der Waals surface area contributed by atoms with Crippen LogP contribution in [0.2, 0.25) is 0 Å². The lowest BCUT2D eigenvalue weighted by molar-refractivity contribution is 0.155. The van der Waals surface area contributed by atoms with Crippen molar-refractivity contribution in [2.24, 2.45) is 14.1 Å². The topological polar surface area (TPSA) is 82.3 Å². The van der Waals surface area contributed by atoms with Crippen LogP contribution in [0, 0.1) is 0 Å². The number of hydrogen-bond acceptors (Lipinski definition) is 4. The fraction of sp³-hybridized carbons (Fsp3) is 0.214. The number of carbonyl (C=O) groups excluding carboxylic acids is 1. The second-order valence-electron chi connectivity index (χ2n) is 4.49. The minimum absolute atomic E-state index is 0.0161. The maximum absolute atomic E-state index is 11.8. The molecule has 0 atom stereocenters. The highest BCUT2D eigenvalue weighted by atomic mass is 16.5. The highest BCUT2D eigenvalue weighted by Gasteiger charge is 2.10. The van der Waals surface area contributed by atoms with Crippen LogP contribution in [0.25, 0.3) is 0 Å². The standard InChI is InChI=1S/C14H15N3O4/c1-16-8-11(12(18)17(2)14(16)20)15-13(19)21-9-10-6-4-3-5-7-10/h3-8H,9H2,1-2H3,(H,15,19). The van der Waals surface area contributed by atoms with E-state index >= 15 is 0 Å². The van der Waals surface area contributed by atoms with Crippen molar-refractivity contribution in [3.8, 4) is 0 Å². The van der Waals surface area contributed by atoms with Crippen LogP contribution in [0.1, 0.15) is 5.56 Å². The molecule has 1 heterocycles. The molecule has 0 fully saturated rings. The van der Waals surface area contributed by atoms with Gasteiger partial charge in [0.05, 0.1) is 0 Å². The summed E-state index contributed by atoms with van der Waals surface area (Å²) in [6.45, 7) is 0.0960. The lowest BCUT2D eigenvalue weighted by Crippen LogP contribution is -2.38. The molecule has 1 N–H and O–H groups in total. The van der Waals surface area contributed by atoms with Crippen LogP contribution >= 0.6 is 0 Å². The van der Waals surface area contributed by atoms with E-state index < -0.39 is 17.3 Å². The SMILES string of the molecule is Cn1cc(NC(=O)OCc2ccccc2)c(=O)n(C)c1=O. The Bertz CT molecular complexity index is 762. The molecule has 0 aliphatic heterocycles. The fourth-order valence-corrected chi connectivity index (χ4v) is 1.76. The number of aryl methyl sites for hydroxylation is 1. The van der Waals surface area contributed by atoms with E-state index in [1.165, 1.54) is 24.9 Å². The molecule has 7 heteroatoms. The number of amides is 1. The summed E-state index contributed by atoms with van der Waals surface area (Å²) in [7, 11) is 2.83. The van der Waals surface area contributed by atoms with Crippen molar-refractivity contribution < 1.29 is 9.53 Å². The summed E-state index contributed by atoms with van der Waals surface area (Å²) >= 11 is 0. The number of hydrogen-bond donors (Lipinski definition) is 1. The van der Waals surface area contributed by atoms with Crippen LogP contribution in [-0.4, -0.2) is 15.2 Å². The molecule has 0 unspecified atom stereocenters. The maximum Gasteiger partial charge on any atom is 0.412 e. The zero-order valence-corrected chi connectivity index (χ0v) is 11.7. The van der Waals surface area contributed by atoms with Crippen molar-refractivity contribution in [2.75, 3.05) is 5.32 Å². The average molecular weight is 289 g/mol. The van der Waals surface area contributed by atoms with E-state index in [0.29, 0.717) is 0 Å². The summed E-state index contributed by atoms with van der Waals surface area (Å²) in [4.78, 5) is 35.0. The van der Waals surface area contributed by atoms with Crippen molar-refractivity contribution in [2.45, 2.75) is 6.61 Å². The van der Waals surface area contributed by atoms with Gasteiger partial charge in [-0.1, -0.05) is 30.3 Å². The monoisotopic (exact) mass is 289 g/mol. The van der Waals surface area contributed by atoms with Gasteiger partial charge in [0, 0.05) is 20.3 Å². The van der Waals surface area contributed by atoms with Crippen LogP contribution in [0.3, 0.4) is 0 Å². The van der Waals surface area contributed by atoms with E-state index in [4.69, 9.17) is 4.74 Å². The van der Waals surface area contributed by atoms with Gasteiger partial charge < -0.3 is 9.30 Å². The van der Waals surface area contributed by atoms with Crippen molar-refractivity contribution in [1.29, 1.82) is 0 Å². The van der Waals surface area contributed by atoms with Gasteiger partial charge in [-0.05, 0) is 5.56 Å². The van der Waals surface area contributed by atoms with E-state index in [0.717, 1.165) is 10.1 Å². The van der Waals surface area contributed by atoms with E-state index in [2.05, 4.69) is 5.32 Å². The Morgan fingerprint density at radius 2 is 1.86 bits per heavy atom. The quantitative estimate of drug-likeness (QED) is 0.907. The Hall–Kier alpha value is -2.83. The van der Waals surface area contributed by atoms with Crippen molar-refractivity contribution in [3.63, 3.8) is 0 Å². The summed E-state index contributed by atoms with van der Waals surface area (Å²) in [6, 6.07) is 9.16. The Morgan fingerprint density at radius 1 is 1.19 bits per heavy atom. The molecule has 1 amide bonds. The number of rotatable bonds is 3. The summed E-state index contributed by atoms with van der Waals surface area (Å²) in [5.74, 6) is 0. The van der Waals surface area contributed by atoms with Gasteiger partial charge in [-0.3, -0.25) is 14.7 Å². The average Bonchev–Trinajstić information content (AvgIpc) is 2.49. The van der Waals surface area contributed by atoms with Crippen molar-refractivity contribution in [3.05, 3.63) is 62.9 Å². The third kappa shape index (κ3) is 3.38. The molecule has 2 rings (SSSR count). The molecule has 0 saturated carbocycles. The third-order valence-corrected chi connectivity index (χ3v) is 2.90. The second kappa shape index (κ2) is 6.08. The summed E-state index contributed by atoms with van der Waals surface area (Å²) in [6.07, 6.45) is 0.503. The number of nitrogens with one attached hydrogen (secondary N) is 1. The van der Waals surface area contributed by atoms with Gasteiger partial charge in [0.2, 0.25) is 0 Å². The number of benzene rings is 1. The first kappa shape index (κ1) is 14.6. The Labute approximate surface area is 120 Å². The number of carbonyl (C=O) groups is 1. The van der Waals surface area contributed by atoms with E-state index in [1.54, 1.807) is 0 Å². The predicted octanol–water partition coefficient (Wildman–Crippen LogP) is 0.833. The Morgan fingerprint density at radius 3 is 2.52 bits per heavy atom. The van der Waals surface area contributed by atoms with Crippen LogP contribution in [0.5, 0.6) is 0 Å². The molecule has 2 aromatic rings. The van der Waals surface area contributed by atoms with Crippen LogP contribution < -0.4 is 16.6 Å². The molecule has 21 heavy (non-hydrogen) atoms. The van der Waals surface area contributed by atoms with Gasteiger partial charge in [0.25, 0.3) is 5.56 Å². The van der Waals surface area contributed by atoms with Gasteiger partial charge in [0.1, 0.15) is 12.3 Å². The third-order valence-electron chi connectivity index (χ3n) is 2.90. The van der Waals surface area contributed by atoms with Crippen molar-refractivity contribution in [1.82, 2.24) is 9.13 Å². The molecular formula is C14H15N3O4. The molecule has 0 bridgehead atoms. The summed E-state index contributed by atoms with van der Waals surface area (Å²) < 4.78 is 7.12. The van der Waals surface area contributed by atoms with E-state index in [-0.39, 0.29) is 12.3 Å². The van der Waals surface area contributed by atoms with Gasteiger partial charge in [-0.25, -0.2) is 9.59 Å². The van der Waals surface area contributed by atoms with E-state index in [1.807, 2.05) is 30.3 Å². The molecule has 7 nitrogen and oxygen atoms in total. The normalized spacial score (nSPS) is 10.2. The number of anilines is 1. The summed E-state index contributed by atoms with van der Waals surface area (Å²) in [5.41, 5.74) is -0.239. The molecule has 0 aliphatic carbocycles. The molecule has 110 valence electrons. The maximum atomic E-state index is 11.8. The zero-order valence-electron chi connectivity index (χ0n) is 11.7. The first-order valence-electron chi connectivity index (χ1n) is 6.23.